The Morgan fingerprint density at radius 3 is 2.40 bits per heavy atom. The summed E-state index contributed by atoms with van der Waals surface area (Å²) < 4.78 is 0. The van der Waals surface area contributed by atoms with Crippen LogP contribution in [-0.4, -0.2) is 15.8 Å². The lowest BCUT2D eigenvalue weighted by atomic mass is 9.80. The first kappa shape index (κ1) is 10.3. The molecule has 0 spiro atoms. The maximum atomic E-state index is 12.0. The topological polar surface area (TPSA) is 42.9 Å². The van der Waals surface area contributed by atoms with Crippen molar-refractivity contribution in [2.24, 2.45) is 11.8 Å². The summed E-state index contributed by atoms with van der Waals surface area (Å²) in [5.74, 6) is 1.20. The summed E-state index contributed by atoms with van der Waals surface area (Å²) in [6.07, 6.45) is 9.08. The largest absolute Gasteiger partial charge is 0.294 e. The quantitative estimate of drug-likeness (QED) is 0.695. The Kier molecular flexibility index (Phi) is 3.09. The summed E-state index contributed by atoms with van der Waals surface area (Å²) >= 11 is 0. The van der Waals surface area contributed by atoms with Crippen molar-refractivity contribution in [1.29, 1.82) is 0 Å². The first-order chi connectivity index (χ1) is 7.27. The van der Waals surface area contributed by atoms with Gasteiger partial charge in [-0.15, -0.1) is 0 Å². The van der Waals surface area contributed by atoms with E-state index in [-0.39, 0.29) is 11.7 Å². The van der Waals surface area contributed by atoms with E-state index >= 15 is 0 Å². The number of rotatable bonds is 2. The molecule has 15 heavy (non-hydrogen) atoms. The number of nitrogens with zero attached hydrogens (tertiary/aromatic N) is 2. The minimum Gasteiger partial charge on any atom is -0.294 e. The van der Waals surface area contributed by atoms with Crippen LogP contribution >= 0.6 is 0 Å². The van der Waals surface area contributed by atoms with E-state index in [1.165, 1.54) is 19.2 Å². The number of carbonyl (C=O) groups is 1. The third-order valence-electron chi connectivity index (χ3n) is 3.23. The molecule has 0 aromatic carbocycles. The lowest BCUT2D eigenvalue weighted by Gasteiger charge is -2.24. The van der Waals surface area contributed by atoms with Crippen molar-refractivity contribution in [1.82, 2.24) is 9.97 Å². The summed E-state index contributed by atoms with van der Waals surface area (Å²) in [6.45, 7) is 2.26. The summed E-state index contributed by atoms with van der Waals surface area (Å²) in [4.78, 5) is 19.8. The number of carbonyl (C=O) groups excluding carboxylic acids is 1. The molecule has 1 aliphatic rings. The molecule has 3 heteroatoms. The van der Waals surface area contributed by atoms with Crippen LogP contribution in [0.15, 0.2) is 18.7 Å². The summed E-state index contributed by atoms with van der Waals surface area (Å²) in [7, 11) is 0. The van der Waals surface area contributed by atoms with Gasteiger partial charge in [0.1, 0.15) is 6.33 Å². The molecule has 0 bridgehead atoms. The van der Waals surface area contributed by atoms with Crippen molar-refractivity contribution in [3.63, 3.8) is 0 Å². The van der Waals surface area contributed by atoms with Gasteiger partial charge in [-0.3, -0.25) is 4.79 Å². The molecule has 0 atom stereocenters. The molecule has 1 heterocycles. The molecule has 2 rings (SSSR count). The highest BCUT2D eigenvalue weighted by atomic mass is 16.1. The summed E-state index contributed by atoms with van der Waals surface area (Å²) in [5.41, 5.74) is 0.664. The molecule has 0 saturated heterocycles. The van der Waals surface area contributed by atoms with Gasteiger partial charge in [-0.25, -0.2) is 9.97 Å². The molecule has 1 aromatic heterocycles. The van der Waals surface area contributed by atoms with Gasteiger partial charge in [0.05, 0.1) is 5.56 Å². The van der Waals surface area contributed by atoms with Gasteiger partial charge < -0.3 is 0 Å². The van der Waals surface area contributed by atoms with E-state index in [0.717, 1.165) is 18.8 Å². The van der Waals surface area contributed by atoms with Gasteiger partial charge >= 0.3 is 0 Å². The molecule has 3 nitrogen and oxygen atoms in total. The summed E-state index contributed by atoms with van der Waals surface area (Å²) in [6, 6.07) is 0. The highest BCUT2D eigenvalue weighted by molar-refractivity contribution is 5.97. The fourth-order valence-electron chi connectivity index (χ4n) is 2.18. The van der Waals surface area contributed by atoms with Gasteiger partial charge in [0.2, 0.25) is 0 Å². The number of ketones is 1. The fraction of sp³-hybridized carbons (Fsp3) is 0.583. The minimum absolute atomic E-state index is 0.201. The van der Waals surface area contributed by atoms with Crippen LogP contribution in [0.1, 0.15) is 43.0 Å². The van der Waals surface area contributed by atoms with Gasteiger partial charge in [-0.1, -0.05) is 19.8 Å². The first-order valence-electron chi connectivity index (χ1n) is 5.56. The highest BCUT2D eigenvalue weighted by Crippen LogP contribution is 2.30. The van der Waals surface area contributed by atoms with E-state index in [2.05, 4.69) is 16.9 Å². The Balaban J connectivity index is 2.03. The van der Waals surface area contributed by atoms with Crippen molar-refractivity contribution < 1.29 is 4.79 Å². The van der Waals surface area contributed by atoms with E-state index in [4.69, 9.17) is 0 Å². The lowest BCUT2D eigenvalue weighted by molar-refractivity contribution is 0.0875. The van der Waals surface area contributed by atoms with E-state index in [0.29, 0.717) is 5.56 Å². The molecule has 1 saturated carbocycles. The van der Waals surface area contributed by atoms with Crippen molar-refractivity contribution in [3.8, 4) is 0 Å². The van der Waals surface area contributed by atoms with Crippen molar-refractivity contribution in [2.75, 3.05) is 0 Å². The van der Waals surface area contributed by atoms with Crippen molar-refractivity contribution in [2.45, 2.75) is 32.6 Å². The molecule has 1 fully saturated rings. The molecular weight excluding hydrogens is 188 g/mol. The molecule has 0 amide bonds. The molecule has 0 aliphatic heterocycles. The van der Waals surface area contributed by atoms with E-state index in [9.17, 15) is 4.79 Å². The van der Waals surface area contributed by atoms with Crippen LogP contribution < -0.4 is 0 Å². The molecule has 0 radical (unpaired) electrons. The third kappa shape index (κ3) is 2.41. The van der Waals surface area contributed by atoms with Gasteiger partial charge in [-0.2, -0.15) is 0 Å². The van der Waals surface area contributed by atoms with Crippen LogP contribution in [0.2, 0.25) is 0 Å². The maximum Gasteiger partial charge on any atom is 0.169 e. The van der Waals surface area contributed by atoms with Crippen LogP contribution in [-0.2, 0) is 0 Å². The van der Waals surface area contributed by atoms with Gasteiger partial charge in [0, 0.05) is 18.3 Å². The Labute approximate surface area is 89.9 Å². The van der Waals surface area contributed by atoms with Crippen LogP contribution in [0.25, 0.3) is 0 Å². The second-order valence-corrected chi connectivity index (χ2v) is 4.45. The zero-order valence-electron chi connectivity index (χ0n) is 9.02. The van der Waals surface area contributed by atoms with Gasteiger partial charge in [-0.05, 0) is 18.8 Å². The smallest absolute Gasteiger partial charge is 0.169 e. The maximum absolute atomic E-state index is 12.0. The standard InChI is InChI=1S/C12H16N2O/c1-9-2-4-10(5-3-9)12(15)11-6-13-8-14-7-11/h6-10H,2-5H2,1H3. The Bertz CT molecular complexity index is 329. The molecule has 1 aromatic rings. The average molecular weight is 204 g/mol. The zero-order valence-corrected chi connectivity index (χ0v) is 9.02. The second kappa shape index (κ2) is 4.51. The van der Waals surface area contributed by atoms with Gasteiger partial charge in [0.25, 0.3) is 0 Å². The van der Waals surface area contributed by atoms with E-state index in [1.54, 1.807) is 12.4 Å². The monoisotopic (exact) mass is 204 g/mol. The molecule has 80 valence electrons. The lowest BCUT2D eigenvalue weighted by Crippen LogP contribution is -2.21. The van der Waals surface area contributed by atoms with Gasteiger partial charge in [0.15, 0.2) is 5.78 Å². The van der Waals surface area contributed by atoms with Crippen LogP contribution in [0.4, 0.5) is 0 Å². The Morgan fingerprint density at radius 1 is 1.20 bits per heavy atom. The van der Waals surface area contributed by atoms with Crippen LogP contribution in [0.5, 0.6) is 0 Å². The molecule has 1 aliphatic carbocycles. The number of aromatic nitrogens is 2. The summed E-state index contributed by atoms with van der Waals surface area (Å²) in [5, 5.41) is 0. The van der Waals surface area contributed by atoms with Crippen LogP contribution in [0.3, 0.4) is 0 Å². The fourth-order valence-corrected chi connectivity index (χ4v) is 2.18. The molecule has 0 N–H and O–H groups in total. The zero-order chi connectivity index (χ0) is 10.7. The Morgan fingerprint density at radius 2 is 1.80 bits per heavy atom. The molecular formula is C12H16N2O. The van der Waals surface area contributed by atoms with Crippen molar-refractivity contribution >= 4 is 5.78 Å². The van der Waals surface area contributed by atoms with E-state index < -0.39 is 0 Å². The number of Topliss-reactive ketones (excluding diaryl/α,β-unsaturated/α-hetero) is 1. The normalized spacial score (nSPS) is 26.2. The SMILES string of the molecule is CC1CCC(C(=O)c2cncnc2)CC1. The van der Waals surface area contributed by atoms with Crippen molar-refractivity contribution in [3.05, 3.63) is 24.3 Å². The van der Waals surface area contributed by atoms with Crippen LogP contribution in [0, 0.1) is 11.8 Å². The number of hydrogen-bond acceptors (Lipinski definition) is 3. The first-order valence-corrected chi connectivity index (χ1v) is 5.56. The number of hydrogen-bond donors (Lipinski definition) is 0. The third-order valence-corrected chi connectivity index (χ3v) is 3.23. The second-order valence-electron chi connectivity index (χ2n) is 4.45. The minimum atomic E-state index is 0.201. The predicted octanol–water partition coefficient (Wildman–Crippen LogP) is 2.49. The molecule has 0 unspecified atom stereocenters. The van der Waals surface area contributed by atoms with E-state index in [1.807, 2.05) is 0 Å². The Hall–Kier alpha value is -1.25. The average Bonchev–Trinajstić information content (AvgIpc) is 2.30. The predicted molar refractivity (Wildman–Crippen MR) is 57.5 cm³/mol. The highest BCUT2D eigenvalue weighted by Gasteiger charge is 2.25.